The van der Waals surface area contributed by atoms with Gasteiger partial charge >= 0.3 is 0 Å². The van der Waals surface area contributed by atoms with E-state index in [0.29, 0.717) is 35.5 Å². The van der Waals surface area contributed by atoms with Gasteiger partial charge in [0, 0.05) is 17.6 Å². The Labute approximate surface area is 212 Å². The van der Waals surface area contributed by atoms with Crippen LogP contribution in [0.25, 0.3) is 0 Å². The number of benzene rings is 3. The Morgan fingerprint density at radius 1 is 1.00 bits per heavy atom. The second-order valence-corrected chi connectivity index (χ2v) is 10.4. The molecule has 1 heterocycles. The van der Waals surface area contributed by atoms with Gasteiger partial charge in [-0.1, -0.05) is 17.7 Å². The van der Waals surface area contributed by atoms with Gasteiger partial charge in [-0.25, -0.2) is 26.6 Å². The van der Waals surface area contributed by atoms with E-state index in [1.54, 1.807) is 17.9 Å². The van der Waals surface area contributed by atoms with Crippen LogP contribution in [0.4, 0.5) is 18.9 Å². The summed E-state index contributed by atoms with van der Waals surface area (Å²) in [6.07, 6.45) is 3.91. The van der Waals surface area contributed by atoms with Crippen molar-refractivity contribution in [2.24, 2.45) is 0 Å². The van der Waals surface area contributed by atoms with Crippen molar-refractivity contribution >= 4 is 27.3 Å². The van der Waals surface area contributed by atoms with E-state index in [4.69, 9.17) is 11.6 Å². The number of halogens is 4. The van der Waals surface area contributed by atoms with E-state index in [9.17, 15) is 21.6 Å². The molecule has 3 aromatic carbocycles. The van der Waals surface area contributed by atoms with E-state index in [0.717, 1.165) is 22.5 Å². The molecule has 4 rings (SSSR count). The van der Waals surface area contributed by atoms with Gasteiger partial charge in [-0.15, -0.1) is 0 Å². The molecule has 188 valence electrons. The molecular formula is C25H22ClF3N4O2S. The zero-order valence-electron chi connectivity index (χ0n) is 19.2. The topological polar surface area (TPSA) is 68.1 Å². The molecule has 0 fully saturated rings. The summed E-state index contributed by atoms with van der Waals surface area (Å²) >= 11 is 5.92. The van der Waals surface area contributed by atoms with Gasteiger partial charge in [0.15, 0.2) is 0 Å². The molecule has 1 aromatic heterocycles. The summed E-state index contributed by atoms with van der Waals surface area (Å²) in [6.45, 7) is 2.06. The van der Waals surface area contributed by atoms with Gasteiger partial charge in [0.2, 0.25) is 0 Å². The number of aryl methyl sites for hydroxylation is 2. The van der Waals surface area contributed by atoms with Crippen LogP contribution in [0.1, 0.15) is 30.5 Å². The van der Waals surface area contributed by atoms with Crippen LogP contribution in [0.5, 0.6) is 0 Å². The average Bonchev–Trinajstić information content (AvgIpc) is 3.35. The Balaban J connectivity index is 1.78. The second kappa shape index (κ2) is 10.7. The summed E-state index contributed by atoms with van der Waals surface area (Å²) in [5.74, 6) is -2.22. The van der Waals surface area contributed by atoms with Crippen molar-refractivity contribution in [3.63, 3.8) is 0 Å². The minimum Gasteiger partial charge on any atom is -0.256 e. The summed E-state index contributed by atoms with van der Waals surface area (Å²) in [5.41, 5.74) is 0.530. The number of sulfonamides is 1. The fourth-order valence-corrected chi connectivity index (χ4v) is 5.79. The molecule has 4 aromatic rings. The maximum absolute atomic E-state index is 15.0. The smallest absolute Gasteiger partial charge is 0.256 e. The van der Waals surface area contributed by atoms with Crippen molar-refractivity contribution in [2.45, 2.75) is 37.2 Å². The highest BCUT2D eigenvalue weighted by Crippen LogP contribution is 2.37. The zero-order valence-corrected chi connectivity index (χ0v) is 20.7. The maximum Gasteiger partial charge on any atom is 0.264 e. The van der Waals surface area contributed by atoms with Gasteiger partial charge in [0.1, 0.15) is 30.1 Å². The fraction of sp³-hybridized carbons (Fsp3) is 0.200. The van der Waals surface area contributed by atoms with Gasteiger partial charge in [-0.2, -0.15) is 5.10 Å². The lowest BCUT2D eigenvalue weighted by Gasteiger charge is -2.32. The molecular weight excluding hydrogens is 513 g/mol. The summed E-state index contributed by atoms with van der Waals surface area (Å²) in [7, 11) is -4.39. The van der Waals surface area contributed by atoms with Crippen molar-refractivity contribution < 1.29 is 21.6 Å². The molecule has 36 heavy (non-hydrogen) atoms. The summed E-state index contributed by atoms with van der Waals surface area (Å²) in [4.78, 5) is 3.73. The normalized spacial score (nSPS) is 12.5. The third-order valence-corrected chi connectivity index (χ3v) is 7.87. The van der Waals surface area contributed by atoms with Crippen LogP contribution in [0.2, 0.25) is 5.02 Å². The average molecular weight is 535 g/mol. The zero-order chi connectivity index (χ0) is 25.9. The monoisotopic (exact) mass is 534 g/mol. The first-order valence-electron chi connectivity index (χ1n) is 11.0. The van der Waals surface area contributed by atoms with E-state index < -0.39 is 39.2 Å². The standard InChI is InChI=1S/C25H22ClF3N4O2S/c1-17(23-10-6-20(27)13-18(23)3-2-12-32-16-30-15-31-32)33(25-14-21(28)7-11-24(25)29)36(34,35)22-8-4-19(26)5-9-22/h4-11,13-17H,2-3,12H2,1H3/t17-/m1/s1. The first-order valence-corrected chi connectivity index (χ1v) is 12.8. The molecule has 0 unspecified atom stereocenters. The van der Waals surface area contributed by atoms with Gasteiger partial charge in [0.25, 0.3) is 10.0 Å². The van der Waals surface area contributed by atoms with Crippen molar-refractivity contribution in [1.82, 2.24) is 14.8 Å². The summed E-state index contributed by atoms with van der Waals surface area (Å²) in [5, 5.41) is 4.36. The predicted molar refractivity (Wildman–Crippen MR) is 131 cm³/mol. The molecule has 1 atom stereocenters. The first kappa shape index (κ1) is 25.7. The largest absolute Gasteiger partial charge is 0.264 e. The Morgan fingerprint density at radius 2 is 1.69 bits per heavy atom. The number of anilines is 1. The lowest BCUT2D eigenvalue weighted by molar-refractivity contribution is 0.563. The molecule has 0 bridgehead atoms. The molecule has 0 spiro atoms. The third kappa shape index (κ3) is 5.55. The minimum absolute atomic E-state index is 0.155. The van der Waals surface area contributed by atoms with E-state index >= 15 is 0 Å². The number of hydrogen-bond donors (Lipinski definition) is 0. The Bertz CT molecular complexity index is 1450. The van der Waals surface area contributed by atoms with Gasteiger partial charge in [0.05, 0.1) is 16.6 Å². The molecule has 0 aliphatic heterocycles. The number of hydrogen-bond acceptors (Lipinski definition) is 4. The van der Waals surface area contributed by atoms with Gasteiger partial charge < -0.3 is 0 Å². The van der Waals surface area contributed by atoms with Crippen LogP contribution in [0.3, 0.4) is 0 Å². The van der Waals surface area contributed by atoms with Crippen LogP contribution >= 0.6 is 11.6 Å². The van der Waals surface area contributed by atoms with Crippen LogP contribution in [0, 0.1) is 17.5 Å². The SMILES string of the molecule is C[C@H](c1ccc(F)cc1CCCn1cncn1)N(c1cc(F)ccc1F)S(=O)(=O)c1ccc(Cl)cc1. The van der Waals surface area contributed by atoms with E-state index in [2.05, 4.69) is 10.1 Å². The van der Waals surface area contributed by atoms with Crippen molar-refractivity contribution in [2.75, 3.05) is 4.31 Å². The first-order chi connectivity index (χ1) is 17.2. The highest BCUT2D eigenvalue weighted by Gasteiger charge is 2.33. The summed E-state index contributed by atoms with van der Waals surface area (Å²) in [6, 6.07) is 11.0. The Morgan fingerprint density at radius 3 is 2.39 bits per heavy atom. The van der Waals surface area contributed by atoms with Gasteiger partial charge in [-0.05, 0) is 79.4 Å². The van der Waals surface area contributed by atoms with Crippen LogP contribution in [-0.4, -0.2) is 23.2 Å². The van der Waals surface area contributed by atoms with E-state index in [1.165, 1.54) is 48.8 Å². The summed E-state index contributed by atoms with van der Waals surface area (Å²) < 4.78 is 73.3. The van der Waals surface area contributed by atoms with E-state index in [1.807, 2.05) is 0 Å². The van der Waals surface area contributed by atoms with Crippen LogP contribution in [-0.2, 0) is 23.0 Å². The van der Waals surface area contributed by atoms with Gasteiger partial charge in [-0.3, -0.25) is 8.99 Å². The molecule has 0 aliphatic carbocycles. The Hall–Kier alpha value is -3.37. The third-order valence-electron chi connectivity index (χ3n) is 5.72. The van der Waals surface area contributed by atoms with Crippen molar-refractivity contribution in [1.29, 1.82) is 0 Å². The lowest BCUT2D eigenvalue weighted by atomic mass is 9.97. The fourth-order valence-electron chi connectivity index (χ4n) is 4.03. The second-order valence-electron chi connectivity index (χ2n) is 8.13. The molecule has 6 nitrogen and oxygen atoms in total. The molecule has 0 amide bonds. The quantitative estimate of drug-likeness (QED) is 0.266. The minimum atomic E-state index is -4.39. The molecule has 0 saturated heterocycles. The Kier molecular flexibility index (Phi) is 7.65. The molecule has 0 N–H and O–H groups in total. The lowest BCUT2D eigenvalue weighted by Crippen LogP contribution is -2.35. The number of nitrogens with zero attached hydrogens (tertiary/aromatic N) is 4. The maximum atomic E-state index is 15.0. The number of rotatable bonds is 9. The highest BCUT2D eigenvalue weighted by atomic mass is 35.5. The van der Waals surface area contributed by atoms with Crippen LogP contribution < -0.4 is 4.31 Å². The predicted octanol–water partition coefficient (Wildman–Crippen LogP) is 5.94. The number of aromatic nitrogens is 3. The van der Waals surface area contributed by atoms with Crippen LogP contribution in [0.15, 0.2) is 78.2 Å². The highest BCUT2D eigenvalue weighted by molar-refractivity contribution is 7.92. The van der Waals surface area contributed by atoms with E-state index in [-0.39, 0.29) is 4.90 Å². The molecule has 11 heteroatoms. The van der Waals surface area contributed by atoms with Crippen molar-refractivity contribution in [3.8, 4) is 0 Å². The van der Waals surface area contributed by atoms with Crippen molar-refractivity contribution in [3.05, 3.63) is 107 Å². The molecule has 0 saturated carbocycles. The molecule has 0 radical (unpaired) electrons. The molecule has 0 aliphatic rings.